The molecule has 0 aliphatic carbocycles. The second-order valence-electron chi connectivity index (χ2n) is 5.58. The summed E-state index contributed by atoms with van der Waals surface area (Å²) >= 11 is 0. The van der Waals surface area contributed by atoms with Crippen molar-refractivity contribution >= 4 is 23.1 Å². The fourth-order valence-electron chi connectivity index (χ4n) is 2.73. The molecule has 0 bridgehead atoms. The Morgan fingerprint density at radius 1 is 0.800 bits per heavy atom. The SMILES string of the molecule is O=c1c2ccccc2nc(C=Cc2ccncc2)n1-c1ccccc1. The van der Waals surface area contributed by atoms with Gasteiger partial charge in [0, 0.05) is 12.4 Å². The van der Waals surface area contributed by atoms with E-state index in [1.807, 2.05) is 72.8 Å². The van der Waals surface area contributed by atoms with E-state index in [-0.39, 0.29) is 5.56 Å². The van der Waals surface area contributed by atoms with Gasteiger partial charge in [0.1, 0.15) is 5.82 Å². The molecule has 0 saturated heterocycles. The highest BCUT2D eigenvalue weighted by Crippen LogP contribution is 2.15. The number of para-hydroxylation sites is 2. The van der Waals surface area contributed by atoms with Crippen molar-refractivity contribution < 1.29 is 0 Å². The molecule has 0 aliphatic heterocycles. The van der Waals surface area contributed by atoms with Crippen LogP contribution in [0.3, 0.4) is 0 Å². The van der Waals surface area contributed by atoms with E-state index in [4.69, 9.17) is 0 Å². The van der Waals surface area contributed by atoms with E-state index in [9.17, 15) is 4.79 Å². The lowest BCUT2D eigenvalue weighted by molar-refractivity contribution is 0.944. The van der Waals surface area contributed by atoms with Crippen LogP contribution in [0.4, 0.5) is 0 Å². The molecule has 0 aliphatic rings. The van der Waals surface area contributed by atoms with Crippen molar-refractivity contribution in [3.8, 4) is 5.69 Å². The molecule has 0 N–H and O–H groups in total. The first-order valence-electron chi connectivity index (χ1n) is 7.98. The zero-order valence-corrected chi connectivity index (χ0v) is 13.4. The Bertz CT molecular complexity index is 1100. The minimum Gasteiger partial charge on any atom is -0.268 e. The monoisotopic (exact) mass is 325 g/mol. The Morgan fingerprint density at radius 2 is 1.52 bits per heavy atom. The quantitative estimate of drug-likeness (QED) is 0.573. The molecule has 2 heterocycles. The summed E-state index contributed by atoms with van der Waals surface area (Å²) in [5.41, 5.74) is 2.40. The first-order chi connectivity index (χ1) is 12.3. The molecular formula is C21H15N3O. The second-order valence-corrected chi connectivity index (χ2v) is 5.58. The molecule has 0 unspecified atom stereocenters. The van der Waals surface area contributed by atoms with E-state index in [0.29, 0.717) is 16.7 Å². The molecule has 25 heavy (non-hydrogen) atoms. The van der Waals surface area contributed by atoms with Crippen molar-refractivity contribution in [1.29, 1.82) is 0 Å². The van der Waals surface area contributed by atoms with E-state index >= 15 is 0 Å². The minimum absolute atomic E-state index is 0.0776. The van der Waals surface area contributed by atoms with Crippen LogP contribution in [0.1, 0.15) is 11.4 Å². The zero-order valence-electron chi connectivity index (χ0n) is 13.4. The Balaban J connectivity index is 1.96. The highest BCUT2D eigenvalue weighted by molar-refractivity contribution is 5.80. The van der Waals surface area contributed by atoms with Crippen molar-refractivity contribution in [2.45, 2.75) is 0 Å². The maximum atomic E-state index is 13.0. The lowest BCUT2D eigenvalue weighted by Crippen LogP contribution is -2.22. The molecule has 0 fully saturated rings. The van der Waals surface area contributed by atoms with Crippen LogP contribution in [0.25, 0.3) is 28.7 Å². The lowest BCUT2D eigenvalue weighted by atomic mass is 10.2. The first-order valence-corrected chi connectivity index (χ1v) is 7.98. The van der Waals surface area contributed by atoms with Crippen molar-refractivity contribution in [3.05, 3.63) is 101 Å². The molecule has 4 aromatic rings. The molecule has 4 rings (SSSR count). The van der Waals surface area contributed by atoms with Crippen molar-refractivity contribution in [2.24, 2.45) is 0 Å². The Kier molecular flexibility index (Phi) is 3.92. The van der Waals surface area contributed by atoms with Crippen LogP contribution >= 0.6 is 0 Å². The summed E-state index contributed by atoms with van der Waals surface area (Å²) in [4.78, 5) is 21.7. The van der Waals surface area contributed by atoms with Gasteiger partial charge in [0.2, 0.25) is 0 Å². The smallest absolute Gasteiger partial charge is 0.266 e. The second kappa shape index (κ2) is 6.53. The average Bonchev–Trinajstić information content (AvgIpc) is 2.68. The van der Waals surface area contributed by atoms with Gasteiger partial charge in [0.15, 0.2) is 0 Å². The van der Waals surface area contributed by atoms with Crippen LogP contribution in [0.2, 0.25) is 0 Å². The maximum absolute atomic E-state index is 13.0. The van der Waals surface area contributed by atoms with Gasteiger partial charge < -0.3 is 0 Å². The number of fused-ring (bicyclic) bond motifs is 1. The third-order valence-electron chi connectivity index (χ3n) is 3.95. The third-order valence-corrected chi connectivity index (χ3v) is 3.95. The first kappa shape index (κ1) is 15.0. The van der Waals surface area contributed by atoms with Gasteiger partial charge >= 0.3 is 0 Å². The summed E-state index contributed by atoms with van der Waals surface area (Å²) in [6, 6.07) is 20.8. The van der Waals surface area contributed by atoms with Gasteiger partial charge in [-0.3, -0.25) is 14.3 Å². The zero-order chi connectivity index (χ0) is 17.1. The van der Waals surface area contributed by atoms with Gasteiger partial charge in [0.25, 0.3) is 5.56 Å². The number of rotatable bonds is 3. The normalized spacial score (nSPS) is 11.2. The highest BCUT2D eigenvalue weighted by Gasteiger charge is 2.10. The summed E-state index contributed by atoms with van der Waals surface area (Å²) in [6.45, 7) is 0. The van der Waals surface area contributed by atoms with E-state index in [1.165, 1.54) is 0 Å². The molecule has 0 amide bonds. The molecule has 0 spiro atoms. The van der Waals surface area contributed by atoms with E-state index < -0.39 is 0 Å². The molecule has 4 heteroatoms. The number of pyridine rings is 1. The minimum atomic E-state index is -0.0776. The van der Waals surface area contributed by atoms with Crippen LogP contribution in [0.5, 0.6) is 0 Å². The van der Waals surface area contributed by atoms with Gasteiger partial charge in [-0.25, -0.2) is 4.98 Å². The van der Waals surface area contributed by atoms with Crippen LogP contribution in [0, 0.1) is 0 Å². The summed E-state index contributed by atoms with van der Waals surface area (Å²) in [5, 5.41) is 0.604. The molecule has 120 valence electrons. The molecule has 0 radical (unpaired) electrons. The number of benzene rings is 2. The molecule has 2 aromatic carbocycles. The van der Waals surface area contributed by atoms with Gasteiger partial charge in [-0.2, -0.15) is 0 Å². The van der Waals surface area contributed by atoms with Crippen molar-refractivity contribution in [3.63, 3.8) is 0 Å². The van der Waals surface area contributed by atoms with E-state index in [2.05, 4.69) is 9.97 Å². The number of aromatic nitrogens is 3. The maximum Gasteiger partial charge on any atom is 0.266 e. The standard InChI is InChI=1S/C21H15N3O/c25-21-18-8-4-5-9-19(18)23-20(11-10-16-12-14-22-15-13-16)24(21)17-6-2-1-3-7-17/h1-15H. The Labute approximate surface area is 144 Å². The number of nitrogens with zero attached hydrogens (tertiary/aromatic N) is 3. The Morgan fingerprint density at radius 3 is 2.32 bits per heavy atom. The van der Waals surface area contributed by atoms with Gasteiger partial charge in [-0.15, -0.1) is 0 Å². The van der Waals surface area contributed by atoms with Gasteiger partial charge in [-0.1, -0.05) is 36.4 Å². The predicted molar refractivity (Wildman–Crippen MR) is 101 cm³/mol. The molecule has 4 nitrogen and oxygen atoms in total. The van der Waals surface area contributed by atoms with Crippen molar-refractivity contribution in [2.75, 3.05) is 0 Å². The Hall–Kier alpha value is -3.53. The van der Waals surface area contributed by atoms with Crippen LogP contribution in [-0.4, -0.2) is 14.5 Å². The molecular weight excluding hydrogens is 310 g/mol. The molecule has 0 saturated carbocycles. The fraction of sp³-hybridized carbons (Fsp3) is 0. The largest absolute Gasteiger partial charge is 0.268 e. The van der Waals surface area contributed by atoms with Crippen LogP contribution < -0.4 is 5.56 Å². The highest BCUT2D eigenvalue weighted by atomic mass is 16.1. The van der Waals surface area contributed by atoms with Gasteiger partial charge in [0.05, 0.1) is 16.6 Å². The number of hydrogen-bond acceptors (Lipinski definition) is 3. The van der Waals surface area contributed by atoms with Crippen molar-refractivity contribution in [1.82, 2.24) is 14.5 Å². The molecule has 2 aromatic heterocycles. The van der Waals surface area contributed by atoms with Gasteiger partial charge in [-0.05, 0) is 48.0 Å². The summed E-state index contributed by atoms with van der Waals surface area (Å²) in [6.07, 6.45) is 7.25. The average molecular weight is 325 g/mol. The summed E-state index contributed by atoms with van der Waals surface area (Å²) in [7, 11) is 0. The van der Waals surface area contributed by atoms with E-state index in [0.717, 1.165) is 11.3 Å². The van der Waals surface area contributed by atoms with Crippen LogP contribution in [-0.2, 0) is 0 Å². The topological polar surface area (TPSA) is 47.8 Å². The van der Waals surface area contributed by atoms with Crippen LogP contribution in [0.15, 0.2) is 83.9 Å². The van der Waals surface area contributed by atoms with E-state index in [1.54, 1.807) is 23.0 Å². The summed E-state index contributed by atoms with van der Waals surface area (Å²) < 4.78 is 1.64. The summed E-state index contributed by atoms with van der Waals surface area (Å²) in [5.74, 6) is 0.590. The predicted octanol–water partition coefficient (Wildman–Crippen LogP) is 3.95. The lowest BCUT2D eigenvalue weighted by Gasteiger charge is -2.11. The third kappa shape index (κ3) is 2.97. The number of hydrogen-bond donors (Lipinski definition) is 0. The molecule has 0 atom stereocenters. The fourth-order valence-corrected chi connectivity index (χ4v) is 2.73.